The van der Waals surface area contributed by atoms with Crippen molar-refractivity contribution in [2.75, 3.05) is 0 Å². The van der Waals surface area contributed by atoms with Gasteiger partial charge in [-0.2, -0.15) is 0 Å². The molecule has 0 bridgehead atoms. The van der Waals surface area contributed by atoms with E-state index in [4.69, 9.17) is 5.11 Å². The summed E-state index contributed by atoms with van der Waals surface area (Å²) in [6.07, 6.45) is 3.47. The Labute approximate surface area is 83.8 Å². The fourth-order valence-corrected chi connectivity index (χ4v) is 1.44. The molecule has 0 radical (unpaired) electrons. The molecule has 2 atom stereocenters. The number of rotatable bonds is 3. The number of carbonyl (C=O) groups is 1. The lowest BCUT2D eigenvalue weighted by atomic mass is 9.88. The minimum Gasteiger partial charge on any atom is -0.481 e. The highest BCUT2D eigenvalue weighted by Gasteiger charge is 2.21. The fraction of sp³-hybridized carbons (Fsp3) is 0.455. The van der Waals surface area contributed by atoms with Gasteiger partial charge in [0.05, 0.1) is 5.92 Å². The van der Waals surface area contributed by atoms with E-state index in [2.05, 4.69) is 4.98 Å². The van der Waals surface area contributed by atoms with Crippen LogP contribution in [0, 0.1) is 12.8 Å². The van der Waals surface area contributed by atoms with Crippen LogP contribution in [-0.4, -0.2) is 16.1 Å². The van der Waals surface area contributed by atoms with Crippen LogP contribution in [-0.2, 0) is 4.79 Å². The Morgan fingerprint density at radius 2 is 2.14 bits per heavy atom. The summed E-state index contributed by atoms with van der Waals surface area (Å²) in [5, 5.41) is 8.88. The maximum Gasteiger partial charge on any atom is 0.306 e. The Kier molecular flexibility index (Phi) is 3.23. The van der Waals surface area contributed by atoms with E-state index < -0.39 is 5.97 Å². The number of pyridine rings is 1. The quantitative estimate of drug-likeness (QED) is 0.800. The van der Waals surface area contributed by atoms with E-state index in [-0.39, 0.29) is 11.8 Å². The first kappa shape index (κ1) is 10.7. The van der Waals surface area contributed by atoms with Crippen LogP contribution in [0.3, 0.4) is 0 Å². The lowest BCUT2D eigenvalue weighted by Gasteiger charge is -2.17. The van der Waals surface area contributed by atoms with Gasteiger partial charge in [-0.15, -0.1) is 0 Å². The second-order valence-corrected chi connectivity index (χ2v) is 3.65. The topological polar surface area (TPSA) is 50.2 Å². The predicted molar refractivity (Wildman–Crippen MR) is 54.2 cm³/mol. The SMILES string of the molecule is Cc1ccncc1C(C)C(C)C(=O)O. The van der Waals surface area contributed by atoms with Crippen molar-refractivity contribution in [1.82, 2.24) is 4.98 Å². The van der Waals surface area contributed by atoms with Crippen molar-refractivity contribution in [3.63, 3.8) is 0 Å². The Morgan fingerprint density at radius 3 is 2.64 bits per heavy atom. The standard InChI is InChI=1S/C11H15NO2/c1-7-4-5-12-6-10(7)8(2)9(3)11(13)14/h4-6,8-9H,1-3H3,(H,13,14). The molecule has 1 aromatic heterocycles. The second kappa shape index (κ2) is 4.22. The Bertz CT molecular complexity index is 336. The van der Waals surface area contributed by atoms with Crippen LogP contribution >= 0.6 is 0 Å². The van der Waals surface area contributed by atoms with E-state index in [0.717, 1.165) is 11.1 Å². The van der Waals surface area contributed by atoms with Gasteiger partial charge in [0.15, 0.2) is 0 Å². The first-order chi connectivity index (χ1) is 6.54. The molecule has 0 aliphatic heterocycles. The number of carboxylic acid groups (broad SMARTS) is 1. The minimum atomic E-state index is -0.763. The van der Waals surface area contributed by atoms with Crippen molar-refractivity contribution in [3.05, 3.63) is 29.6 Å². The number of carboxylic acids is 1. The molecule has 2 unspecified atom stereocenters. The van der Waals surface area contributed by atoms with Crippen LogP contribution in [0.1, 0.15) is 30.9 Å². The van der Waals surface area contributed by atoms with E-state index >= 15 is 0 Å². The van der Waals surface area contributed by atoms with E-state index in [1.165, 1.54) is 0 Å². The van der Waals surface area contributed by atoms with E-state index in [1.54, 1.807) is 19.3 Å². The molecule has 1 heterocycles. The first-order valence-corrected chi connectivity index (χ1v) is 4.67. The molecule has 0 aliphatic carbocycles. The summed E-state index contributed by atoms with van der Waals surface area (Å²) in [6.45, 7) is 5.62. The number of hydrogen-bond acceptors (Lipinski definition) is 2. The summed E-state index contributed by atoms with van der Waals surface area (Å²) in [5.74, 6) is -1.14. The molecule has 1 rings (SSSR count). The monoisotopic (exact) mass is 193 g/mol. The van der Waals surface area contributed by atoms with Gasteiger partial charge < -0.3 is 5.11 Å². The molecule has 0 saturated heterocycles. The van der Waals surface area contributed by atoms with Crippen molar-refractivity contribution in [3.8, 4) is 0 Å². The highest BCUT2D eigenvalue weighted by Crippen LogP contribution is 2.25. The maximum atomic E-state index is 10.8. The number of hydrogen-bond donors (Lipinski definition) is 1. The van der Waals surface area contributed by atoms with Gasteiger partial charge in [0.25, 0.3) is 0 Å². The Balaban J connectivity index is 2.94. The lowest BCUT2D eigenvalue weighted by molar-refractivity contribution is -0.141. The van der Waals surface area contributed by atoms with Crippen molar-refractivity contribution >= 4 is 5.97 Å². The highest BCUT2D eigenvalue weighted by molar-refractivity contribution is 5.70. The molecule has 0 saturated carbocycles. The summed E-state index contributed by atoms with van der Waals surface area (Å²) in [4.78, 5) is 14.8. The third-order valence-corrected chi connectivity index (χ3v) is 2.71. The van der Waals surface area contributed by atoms with Crippen LogP contribution in [0.5, 0.6) is 0 Å². The van der Waals surface area contributed by atoms with Gasteiger partial charge in [-0.3, -0.25) is 9.78 Å². The number of aromatic nitrogens is 1. The zero-order chi connectivity index (χ0) is 10.7. The largest absolute Gasteiger partial charge is 0.481 e. The van der Waals surface area contributed by atoms with Gasteiger partial charge >= 0.3 is 5.97 Å². The molecular weight excluding hydrogens is 178 g/mol. The number of nitrogens with zero attached hydrogens (tertiary/aromatic N) is 1. The van der Waals surface area contributed by atoms with E-state index in [1.807, 2.05) is 19.9 Å². The third kappa shape index (κ3) is 2.10. The molecule has 1 N–H and O–H groups in total. The van der Waals surface area contributed by atoms with Gasteiger partial charge in [0, 0.05) is 12.4 Å². The smallest absolute Gasteiger partial charge is 0.306 e. The predicted octanol–water partition coefficient (Wildman–Crippen LogP) is 2.21. The average molecular weight is 193 g/mol. The molecule has 3 nitrogen and oxygen atoms in total. The molecule has 14 heavy (non-hydrogen) atoms. The van der Waals surface area contributed by atoms with Crippen molar-refractivity contribution < 1.29 is 9.90 Å². The van der Waals surface area contributed by atoms with Gasteiger partial charge in [-0.1, -0.05) is 13.8 Å². The molecule has 0 aliphatic rings. The molecule has 0 spiro atoms. The average Bonchev–Trinajstić information content (AvgIpc) is 2.16. The summed E-state index contributed by atoms with van der Waals surface area (Å²) < 4.78 is 0. The molecule has 0 aromatic carbocycles. The normalized spacial score (nSPS) is 14.8. The van der Waals surface area contributed by atoms with Gasteiger partial charge in [-0.05, 0) is 30.0 Å². The molecule has 0 amide bonds. The number of aliphatic carboxylic acids is 1. The van der Waals surface area contributed by atoms with Crippen LogP contribution in [0.4, 0.5) is 0 Å². The van der Waals surface area contributed by atoms with Crippen LogP contribution < -0.4 is 0 Å². The minimum absolute atomic E-state index is 0.00111. The van der Waals surface area contributed by atoms with Gasteiger partial charge in [0.1, 0.15) is 0 Å². The Hall–Kier alpha value is -1.38. The summed E-state index contributed by atoms with van der Waals surface area (Å²) in [7, 11) is 0. The molecular formula is C11H15NO2. The van der Waals surface area contributed by atoms with E-state index in [0.29, 0.717) is 0 Å². The van der Waals surface area contributed by atoms with Crippen LogP contribution in [0.2, 0.25) is 0 Å². The van der Waals surface area contributed by atoms with E-state index in [9.17, 15) is 4.79 Å². The maximum absolute atomic E-state index is 10.8. The van der Waals surface area contributed by atoms with Gasteiger partial charge in [-0.25, -0.2) is 0 Å². The second-order valence-electron chi connectivity index (χ2n) is 3.65. The number of aryl methyl sites for hydroxylation is 1. The fourth-order valence-electron chi connectivity index (χ4n) is 1.44. The van der Waals surface area contributed by atoms with Crippen LogP contribution in [0.15, 0.2) is 18.5 Å². The third-order valence-electron chi connectivity index (χ3n) is 2.71. The molecule has 1 aromatic rings. The molecule has 3 heteroatoms. The summed E-state index contributed by atoms with van der Waals surface area (Å²) in [5.41, 5.74) is 2.11. The Morgan fingerprint density at radius 1 is 1.50 bits per heavy atom. The molecule has 76 valence electrons. The lowest BCUT2D eigenvalue weighted by Crippen LogP contribution is -2.17. The zero-order valence-electron chi connectivity index (χ0n) is 8.69. The summed E-state index contributed by atoms with van der Waals surface area (Å²) >= 11 is 0. The van der Waals surface area contributed by atoms with Gasteiger partial charge in [0.2, 0.25) is 0 Å². The van der Waals surface area contributed by atoms with Crippen molar-refractivity contribution in [2.24, 2.45) is 5.92 Å². The van der Waals surface area contributed by atoms with Crippen LogP contribution in [0.25, 0.3) is 0 Å². The first-order valence-electron chi connectivity index (χ1n) is 4.67. The molecule has 0 fully saturated rings. The van der Waals surface area contributed by atoms with Crippen molar-refractivity contribution in [1.29, 1.82) is 0 Å². The summed E-state index contributed by atoms with van der Waals surface area (Å²) in [6, 6.07) is 1.90. The van der Waals surface area contributed by atoms with Crippen molar-refractivity contribution in [2.45, 2.75) is 26.7 Å². The zero-order valence-corrected chi connectivity index (χ0v) is 8.69. The highest BCUT2D eigenvalue weighted by atomic mass is 16.4.